The molecule has 0 bridgehead atoms. The van der Waals surface area contributed by atoms with Crippen molar-refractivity contribution in [2.75, 3.05) is 24.5 Å². The van der Waals surface area contributed by atoms with Gasteiger partial charge in [0.05, 0.1) is 6.04 Å². The Morgan fingerprint density at radius 3 is 2.93 bits per heavy atom. The number of carbonyl (C=O) groups is 1. The van der Waals surface area contributed by atoms with E-state index in [-0.39, 0.29) is 5.92 Å². The fraction of sp³-hybridized carbons (Fsp3) is 0.435. The molecule has 2 aliphatic heterocycles. The molecule has 2 atom stereocenters. The van der Waals surface area contributed by atoms with Crippen LogP contribution in [0.2, 0.25) is 0 Å². The molecule has 0 aliphatic carbocycles. The number of aryl methyl sites for hydroxylation is 2. The van der Waals surface area contributed by atoms with Gasteiger partial charge in [-0.3, -0.25) is 4.79 Å². The van der Waals surface area contributed by atoms with Crippen LogP contribution in [0.3, 0.4) is 0 Å². The number of pyridine rings is 2. The highest BCUT2D eigenvalue weighted by atomic mass is 16.2. The molecule has 150 valence electrons. The molecule has 0 aromatic carbocycles. The minimum Gasteiger partial charge on any atom is -0.353 e. The van der Waals surface area contributed by atoms with Crippen LogP contribution in [0.5, 0.6) is 0 Å². The van der Waals surface area contributed by atoms with E-state index in [2.05, 4.69) is 55.4 Å². The molecule has 0 radical (unpaired) electrons. The van der Waals surface area contributed by atoms with Gasteiger partial charge in [0.15, 0.2) is 0 Å². The van der Waals surface area contributed by atoms with Gasteiger partial charge >= 0.3 is 0 Å². The van der Waals surface area contributed by atoms with Crippen LogP contribution in [0.15, 0.2) is 49.1 Å². The quantitative estimate of drug-likeness (QED) is 0.673. The van der Waals surface area contributed by atoms with Crippen molar-refractivity contribution in [2.24, 2.45) is 5.92 Å². The van der Waals surface area contributed by atoms with E-state index in [1.807, 2.05) is 24.8 Å². The Kier molecular flexibility index (Phi) is 4.70. The van der Waals surface area contributed by atoms with Gasteiger partial charge in [0, 0.05) is 50.3 Å². The summed E-state index contributed by atoms with van der Waals surface area (Å²) in [5, 5.41) is 0. The maximum absolute atomic E-state index is 12.9. The van der Waals surface area contributed by atoms with Crippen molar-refractivity contribution >= 4 is 17.4 Å². The number of rotatable bonds is 5. The standard InChI is InChI=1S/C23H27N5O/c1-17-7-8-21(25-15-17)27-12-13-28-20(16-27)14-19(23(28)29)5-2-4-18-6-3-10-26-11-9-24-22(18)26/h3,6-11,15,19-20H,2,4-5,12-14,16H2,1H3/t19-,20-/m0/s1. The van der Waals surface area contributed by atoms with Gasteiger partial charge in [-0.1, -0.05) is 12.1 Å². The maximum Gasteiger partial charge on any atom is 0.226 e. The number of anilines is 1. The third-order valence-electron chi connectivity index (χ3n) is 6.39. The summed E-state index contributed by atoms with van der Waals surface area (Å²) in [4.78, 5) is 26.4. The van der Waals surface area contributed by atoms with Crippen LogP contribution in [0.1, 0.15) is 30.4 Å². The number of imidazole rings is 1. The molecule has 0 saturated carbocycles. The van der Waals surface area contributed by atoms with Crippen LogP contribution in [0, 0.1) is 12.8 Å². The summed E-state index contributed by atoms with van der Waals surface area (Å²) < 4.78 is 2.06. The predicted octanol–water partition coefficient (Wildman–Crippen LogP) is 3.10. The summed E-state index contributed by atoms with van der Waals surface area (Å²) in [5.74, 6) is 1.54. The zero-order valence-corrected chi connectivity index (χ0v) is 16.9. The predicted molar refractivity (Wildman–Crippen MR) is 113 cm³/mol. The summed E-state index contributed by atoms with van der Waals surface area (Å²) in [6, 6.07) is 8.74. The van der Waals surface area contributed by atoms with E-state index in [1.165, 1.54) is 11.1 Å². The smallest absolute Gasteiger partial charge is 0.226 e. The number of aromatic nitrogens is 3. The van der Waals surface area contributed by atoms with Crippen LogP contribution in [0.25, 0.3) is 5.65 Å². The monoisotopic (exact) mass is 389 g/mol. The molecule has 5 heterocycles. The number of piperazine rings is 1. The first kappa shape index (κ1) is 18.2. The molecule has 6 heteroatoms. The molecule has 29 heavy (non-hydrogen) atoms. The lowest BCUT2D eigenvalue weighted by molar-refractivity contribution is -0.132. The minimum absolute atomic E-state index is 0.158. The second-order valence-corrected chi connectivity index (χ2v) is 8.34. The molecule has 6 nitrogen and oxygen atoms in total. The topological polar surface area (TPSA) is 53.7 Å². The number of fused-ring (bicyclic) bond motifs is 2. The van der Waals surface area contributed by atoms with Gasteiger partial charge in [-0.05, 0) is 55.9 Å². The van der Waals surface area contributed by atoms with E-state index in [4.69, 9.17) is 0 Å². The van der Waals surface area contributed by atoms with Crippen LogP contribution in [-0.4, -0.2) is 50.9 Å². The van der Waals surface area contributed by atoms with Gasteiger partial charge in [-0.2, -0.15) is 0 Å². The van der Waals surface area contributed by atoms with Crippen molar-refractivity contribution in [3.8, 4) is 0 Å². The van der Waals surface area contributed by atoms with Crippen molar-refractivity contribution in [1.82, 2.24) is 19.3 Å². The molecule has 0 spiro atoms. The van der Waals surface area contributed by atoms with Crippen LogP contribution >= 0.6 is 0 Å². The first-order valence-corrected chi connectivity index (χ1v) is 10.6. The lowest BCUT2D eigenvalue weighted by Crippen LogP contribution is -2.51. The number of carbonyl (C=O) groups excluding carboxylic acids is 1. The molecule has 2 aliphatic rings. The fourth-order valence-corrected chi connectivity index (χ4v) is 4.85. The van der Waals surface area contributed by atoms with Crippen LogP contribution < -0.4 is 4.90 Å². The lowest BCUT2D eigenvalue weighted by atomic mass is 9.96. The molecule has 2 saturated heterocycles. The lowest BCUT2D eigenvalue weighted by Gasteiger charge is -2.38. The largest absolute Gasteiger partial charge is 0.353 e. The number of hydrogen-bond donors (Lipinski definition) is 0. The van der Waals surface area contributed by atoms with E-state index >= 15 is 0 Å². The Labute approximate surface area is 171 Å². The molecule has 2 fully saturated rings. The molecule has 3 aromatic rings. The molecule has 5 rings (SSSR count). The van der Waals surface area contributed by atoms with Crippen molar-refractivity contribution < 1.29 is 4.79 Å². The van der Waals surface area contributed by atoms with Gasteiger partial charge in [0.1, 0.15) is 11.5 Å². The number of hydrogen-bond acceptors (Lipinski definition) is 4. The fourth-order valence-electron chi connectivity index (χ4n) is 4.85. The second kappa shape index (κ2) is 7.50. The summed E-state index contributed by atoms with van der Waals surface area (Å²) in [7, 11) is 0. The molecule has 3 aromatic heterocycles. The number of nitrogens with zero attached hydrogens (tertiary/aromatic N) is 5. The highest BCUT2D eigenvalue weighted by molar-refractivity contribution is 5.82. The van der Waals surface area contributed by atoms with Gasteiger partial charge in [0.2, 0.25) is 5.91 Å². The second-order valence-electron chi connectivity index (χ2n) is 8.34. The van der Waals surface area contributed by atoms with Crippen molar-refractivity contribution in [2.45, 2.75) is 38.6 Å². The van der Waals surface area contributed by atoms with Crippen LogP contribution in [0.4, 0.5) is 5.82 Å². The molecular formula is C23H27N5O. The maximum atomic E-state index is 12.9. The zero-order valence-electron chi connectivity index (χ0n) is 16.9. The van der Waals surface area contributed by atoms with Gasteiger partial charge in [0.25, 0.3) is 0 Å². The molecule has 1 amide bonds. The highest BCUT2D eigenvalue weighted by Crippen LogP contribution is 2.32. The van der Waals surface area contributed by atoms with Crippen molar-refractivity contribution in [1.29, 1.82) is 0 Å². The molecule has 0 N–H and O–H groups in total. The summed E-state index contributed by atoms with van der Waals surface area (Å²) >= 11 is 0. The van der Waals surface area contributed by atoms with E-state index in [9.17, 15) is 4.79 Å². The Morgan fingerprint density at radius 2 is 2.07 bits per heavy atom. The van der Waals surface area contributed by atoms with E-state index in [0.29, 0.717) is 11.9 Å². The van der Waals surface area contributed by atoms with Crippen molar-refractivity contribution in [3.05, 3.63) is 60.2 Å². The van der Waals surface area contributed by atoms with Gasteiger partial charge in [-0.15, -0.1) is 0 Å². The summed E-state index contributed by atoms with van der Waals surface area (Å²) in [5.41, 5.74) is 3.47. The Morgan fingerprint density at radius 1 is 1.14 bits per heavy atom. The third kappa shape index (κ3) is 3.48. The first-order valence-electron chi connectivity index (χ1n) is 10.6. The summed E-state index contributed by atoms with van der Waals surface area (Å²) in [6.07, 6.45) is 11.7. The SMILES string of the molecule is Cc1ccc(N2CCN3C(=O)[C@@H](CCCc4cccn5ccnc45)C[C@H]3C2)nc1. The van der Waals surface area contributed by atoms with Crippen LogP contribution in [-0.2, 0) is 11.2 Å². The average molecular weight is 390 g/mol. The van der Waals surface area contributed by atoms with Gasteiger partial charge < -0.3 is 14.2 Å². The van der Waals surface area contributed by atoms with Crippen molar-refractivity contribution in [3.63, 3.8) is 0 Å². The molecule has 0 unspecified atom stereocenters. The normalized spacial score (nSPS) is 21.8. The Balaban J connectivity index is 1.19. The van der Waals surface area contributed by atoms with Gasteiger partial charge in [-0.25, -0.2) is 9.97 Å². The van der Waals surface area contributed by atoms with E-state index < -0.39 is 0 Å². The summed E-state index contributed by atoms with van der Waals surface area (Å²) in [6.45, 7) is 4.63. The highest BCUT2D eigenvalue weighted by Gasteiger charge is 2.42. The van der Waals surface area contributed by atoms with E-state index in [0.717, 1.165) is 56.8 Å². The average Bonchev–Trinajstić information content (AvgIpc) is 3.34. The zero-order chi connectivity index (χ0) is 19.8. The molecular weight excluding hydrogens is 362 g/mol. The minimum atomic E-state index is 0.158. The number of amides is 1. The first-order chi connectivity index (χ1) is 14.2. The Bertz CT molecular complexity index is 1010. The van der Waals surface area contributed by atoms with E-state index in [1.54, 1.807) is 0 Å². The Hall–Kier alpha value is -2.89. The third-order valence-corrected chi connectivity index (χ3v) is 6.39.